The summed E-state index contributed by atoms with van der Waals surface area (Å²) in [7, 11) is 0. The van der Waals surface area contributed by atoms with Crippen LogP contribution in [0.5, 0.6) is 0 Å². The predicted molar refractivity (Wildman–Crippen MR) is 91.8 cm³/mol. The highest BCUT2D eigenvalue weighted by Crippen LogP contribution is 2.25. The maximum atomic E-state index is 13.8. The molecule has 3 aromatic rings. The van der Waals surface area contributed by atoms with Crippen molar-refractivity contribution in [3.05, 3.63) is 83.9 Å². The second-order valence-corrected chi connectivity index (χ2v) is 5.77. The van der Waals surface area contributed by atoms with E-state index in [0.717, 1.165) is 5.56 Å². The number of hydrogen-bond donors (Lipinski definition) is 2. The highest BCUT2D eigenvalue weighted by molar-refractivity contribution is 5.58. The minimum Gasteiger partial charge on any atom is -0.460 e. The van der Waals surface area contributed by atoms with Gasteiger partial charge in [-0.3, -0.25) is 0 Å². The number of aliphatic hydroxyl groups excluding tert-OH is 1. The van der Waals surface area contributed by atoms with Crippen molar-refractivity contribution in [2.24, 2.45) is 0 Å². The summed E-state index contributed by atoms with van der Waals surface area (Å²) in [4.78, 5) is 0. The zero-order valence-electron chi connectivity index (χ0n) is 13.4. The summed E-state index contributed by atoms with van der Waals surface area (Å²) in [5.41, 5.74) is 1.31. The summed E-state index contributed by atoms with van der Waals surface area (Å²) in [5.74, 6) is 0.890. The van der Waals surface area contributed by atoms with Gasteiger partial charge in [0.05, 0.1) is 18.2 Å². The van der Waals surface area contributed by atoms with Crippen molar-refractivity contribution in [1.82, 2.24) is 5.32 Å². The van der Waals surface area contributed by atoms with Gasteiger partial charge in [0.1, 0.15) is 17.3 Å². The van der Waals surface area contributed by atoms with Gasteiger partial charge in [-0.15, -0.1) is 0 Å². The van der Waals surface area contributed by atoms with Gasteiger partial charge in [0.25, 0.3) is 0 Å². The minimum atomic E-state index is -0.604. The Morgan fingerprint density at radius 2 is 1.71 bits per heavy atom. The van der Waals surface area contributed by atoms with Crippen LogP contribution in [0, 0.1) is 5.82 Å². The van der Waals surface area contributed by atoms with Crippen molar-refractivity contribution >= 4 is 0 Å². The predicted octanol–water partition coefficient (Wildman–Crippen LogP) is 4.30. The molecule has 2 aromatic carbocycles. The molecule has 0 saturated heterocycles. The van der Waals surface area contributed by atoms with Crippen LogP contribution in [0.25, 0.3) is 11.3 Å². The van der Waals surface area contributed by atoms with Crippen LogP contribution in [0.1, 0.15) is 24.4 Å². The smallest absolute Gasteiger partial charge is 0.137 e. The van der Waals surface area contributed by atoms with Crippen LogP contribution in [-0.2, 0) is 6.54 Å². The number of aliphatic hydroxyl groups is 1. The van der Waals surface area contributed by atoms with Gasteiger partial charge in [-0.05, 0) is 36.8 Å². The molecule has 1 heterocycles. The highest BCUT2D eigenvalue weighted by Gasteiger charge is 2.16. The summed E-state index contributed by atoms with van der Waals surface area (Å²) in [5, 5.41) is 13.6. The van der Waals surface area contributed by atoms with Crippen LogP contribution in [0.3, 0.4) is 0 Å². The number of benzene rings is 2. The van der Waals surface area contributed by atoms with Gasteiger partial charge in [-0.2, -0.15) is 0 Å². The number of halogens is 1. The fourth-order valence-corrected chi connectivity index (χ4v) is 2.59. The van der Waals surface area contributed by atoms with Gasteiger partial charge >= 0.3 is 0 Å². The largest absolute Gasteiger partial charge is 0.460 e. The molecule has 0 unspecified atom stereocenters. The molecular formula is C20H20FNO2. The Morgan fingerprint density at radius 1 is 1.00 bits per heavy atom. The topological polar surface area (TPSA) is 45.4 Å². The van der Waals surface area contributed by atoms with Crippen molar-refractivity contribution in [1.29, 1.82) is 0 Å². The molecule has 3 rings (SSSR count). The molecular weight excluding hydrogens is 305 g/mol. The zero-order valence-corrected chi connectivity index (χ0v) is 13.4. The molecule has 3 nitrogen and oxygen atoms in total. The summed E-state index contributed by atoms with van der Waals surface area (Å²) >= 11 is 0. The third-order valence-corrected chi connectivity index (χ3v) is 4.01. The van der Waals surface area contributed by atoms with Crippen LogP contribution in [0.2, 0.25) is 0 Å². The van der Waals surface area contributed by atoms with Crippen molar-refractivity contribution < 1.29 is 13.9 Å². The lowest BCUT2D eigenvalue weighted by molar-refractivity contribution is 0.134. The SMILES string of the molecule is C[C@@H](NCc1ccc(-c2ccccc2F)o1)[C@H](O)c1ccccc1. The van der Waals surface area contributed by atoms with E-state index in [9.17, 15) is 9.50 Å². The molecule has 4 heteroatoms. The average molecular weight is 325 g/mol. The molecule has 24 heavy (non-hydrogen) atoms. The molecule has 124 valence electrons. The second-order valence-electron chi connectivity index (χ2n) is 5.77. The lowest BCUT2D eigenvalue weighted by Gasteiger charge is -2.20. The standard InChI is InChI=1S/C20H20FNO2/c1-14(20(23)15-7-3-2-4-8-15)22-13-16-11-12-19(24-16)17-9-5-6-10-18(17)21/h2-12,14,20,22-23H,13H2,1H3/t14-,20+/m1/s1. The summed E-state index contributed by atoms with van der Waals surface area (Å²) in [6, 6.07) is 19.5. The minimum absolute atomic E-state index is 0.144. The zero-order chi connectivity index (χ0) is 16.9. The van der Waals surface area contributed by atoms with Gasteiger partial charge in [0.15, 0.2) is 0 Å². The van der Waals surface area contributed by atoms with Crippen LogP contribution in [-0.4, -0.2) is 11.1 Å². The van der Waals surface area contributed by atoms with Gasteiger partial charge in [-0.1, -0.05) is 42.5 Å². The third kappa shape index (κ3) is 3.72. The molecule has 0 aliphatic heterocycles. The summed E-state index contributed by atoms with van der Waals surface area (Å²) < 4.78 is 19.5. The van der Waals surface area contributed by atoms with Gasteiger partial charge in [-0.25, -0.2) is 4.39 Å². The lowest BCUT2D eigenvalue weighted by atomic mass is 10.0. The number of hydrogen-bond acceptors (Lipinski definition) is 3. The van der Waals surface area contributed by atoms with E-state index in [2.05, 4.69) is 5.32 Å². The van der Waals surface area contributed by atoms with Crippen LogP contribution in [0.4, 0.5) is 4.39 Å². The summed E-state index contributed by atoms with van der Waals surface area (Å²) in [6.45, 7) is 2.37. The first-order valence-corrected chi connectivity index (χ1v) is 7.95. The van der Waals surface area contributed by atoms with Crippen LogP contribution >= 0.6 is 0 Å². The Balaban J connectivity index is 1.62. The van der Waals surface area contributed by atoms with E-state index in [1.165, 1.54) is 6.07 Å². The number of furan rings is 1. The number of rotatable bonds is 6. The Morgan fingerprint density at radius 3 is 2.46 bits per heavy atom. The monoisotopic (exact) mass is 325 g/mol. The number of nitrogens with one attached hydrogen (secondary N) is 1. The quantitative estimate of drug-likeness (QED) is 0.710. The van der Waals surface area contributed by atoms with E-state index in [1.807, 2.05) is 43.3 Å². The Labute approximate surface area is 140 Å². The van der Waals surface area contributed by atoms with Gasteiger partial charge < -0.3 is 14.8 Å². The first-order chi connectivity index (χ1) is 11.6. The van der Waals surface area contributed by atoms with Crippen molar-refractivity contribution in [3.8, 4) is 11.3 Å². The Kier molecular flexibility index (Phi) is 5.08. The van der Waals surface area contributed by atoms with E-state index in [0.29, 0.717) is 23.6 Å². The molecule has 2 atom stereocenters. The van der Waals surface area contributed by atoms with E-state index in [1.54, 1.807) is 24.3 Å². The van der Waals surface area contributed by atoms with E-state index in [-0.39, 0.29) is 11.9 Å². The molecule has 0 aliphatic carbocycles. The first-order valence-electron chi connectivity index (χ1n) is 7.95. The van der Waals surface area contributed by atoms with Crippen molar-refractivity contribution in [2.75, 3.05) is 0 Å². The molecule has 0 aliphatic rings. The molecule has 0 radical (unpaired) electrons. The molecule has 0 spiro atoms. The van der Waals surface area contributed by atoms with Crippen LogP contribution < -0.4 is 5.32 Å². The second kappa shape index (κ2) is 7.43. The molecule has 0 bridgehead atoms. The van der Waals surface area contributed by atoms with Crippen LogP contribution in [0.15, 0.2) is 71.1 Å². The molecule has 1 aromatic heterocycles. The summed E-state index contributed by atoms with van der Waals surface area (Å²) in [6.07, 6.45) is -0.604. The van der Waals surface area contributed by atoms with Gasteiger partial charge in [0.2, 0.25) is 0 Å². The Hall–Kier alpha value is -2.43. The van der Waals surface area contributed by atoms with Crippen molar-refractivity contribution in [2.45, 2.75) is 25.6 Å². The maximum absolute atomic E-state index is 13.8. The molecule has 0 fully saturated rings. The fraction of sp³-hybridized carbons (Fsp3) is 0.200. The van der Waals surface area contributed by atoms with E-state index < -0.39 is 6.10 Å². The molecule has 0 amide bonds. The average Bonchev–Trinajstić information content (AvgIpc) is 3.09. The van der Waals surface area contributed by atoms with Gasteiger partial charge in [0, 0.05) is 6.04 Å². The normalized spacial score (nSPS) is 13.6. The first kappa shape index (κ1) is 16.4. The molecule has 0 saturated carbocycles. The maximum Gasteiger partial charge on any atom is 0.137 e. The highest BCUT2D eigenvalue weighted by atomic mass is 19.1. The lowest BCUT2D eigenvalue weighted by Crippen LogP contribution is -2.31. The Bertz CT molecular complexity index is 785. The molecule has 2 N–H and O–H groups in total. The van der Waals surface area contributed by atoms with E-state index >= 15 is 0 Å². The fourth-order valence-electron chi connectivity index (χ4n) is 2.59. The van der Waals surface area contributed by atoms with E-state index in [4.69, 9.17) is 4.42 Å². The third-order valence-electron chi connectivity index (χ3n) is 4.01. The van der Waals surface area contributed by atoms with Crippen molar-refractivity contribution in [3.63, 3.8) is 0 Å².